The first-order valence-corrected chi connectivity index (χ1v) is 5.19. The molecule has 1 aromatic heterocycles. The molecular formula is C13H9ClO5. The predicted octanol–water partition coefficient (Wildman–Crippen LogP) is -0.306. The van der Waals surface area contributed by atoms with Crippen LogP contribution in [0.3, 0.4) is 0 Å². The Balaban J connectivity index is 0.00000133. The molecule has 0 spiro atoms. The summed E-state index contributed by atoms with van der Waals surface area (Å²) >= 11 is 0. The molecule has 0 fully saturated rings. The van der Waals surface area contributed by atoms with Crippen LogP contribution in [0.1, 0.15) is 0 Å². The van der Waals surface area contributed by atoms with E-state index < -0.39 is 0 Å². The van der Waals surface area contributed by atoms with Gasteiger partial charge >= 0.3 is 11.2 Å². The first-order valence-electron chi connectivity index (χ1n) is 5.19. The second-order valence-corrected chi connectivity index (χ2v) is 4.00. The van der Waals surface area contributed by atoms with E-state index in [0.29, 0.717) is 10.8 Å². The van der Waals surface area contributed by atoms with E-state index in [1.807, 2.05) is 0 Å². The van der Waals surface area contributed by atoms with Crippen molar-refractivity contribution in [1.82, 2.24) is 0 Å². The Labute approximate surface area is 113 Å². The summed E-state index contributed by atoms with van der Waals surface area (Å²) in [5.41, 5.74) is 0.509. The Hall–Kier alpha value is -2.40. The number of hydrogen-bond acceptors (Lipinski definition) is 4. The van der Waals surface area contributed by atoms with E-state index in [1.54, 1.807) is 0 Å². The number of rotatable bonds is 0. The Morgan fingerprint density at radius 2 is 1.05 bits per heavy atom. The third-order valence-electron chi connectivity index (χ3n) is 2.72. The van der Waals surface area contributed by atoms with Gasteiger partial charge in [0.05, 0.1) is 12.1 Å². The first kappa shape index (κ1) is 13.0. The Morgan fingerprint density at radius 1 is 0.632 bits per heavy atom. The molecule has 98 valence electrons. The average Bonchev–Trinajstić information content (AvgIpc) is 2.26. The number of aromatic hydroxyl groups is 4. The molecule has 0 atom stereocenters. The van der Waals surface area contributed by atoms with Crippen molar-refractivity contribution in [3.8, 4) is 23.0 Å². The van der Waals surface area contributed by atoms with Gasteiger partial charge in [0, 0.05) is 12.1 Å². The van der Waals surface area contributed by atoms with Crippen molar-refractivity contribution in [1.29, 1.82) is 0 Å². The van der Waals surface area contributed by atoms with E-state index in [-0.39, 0.29) is 46.6 Å². The summed E-state index contributed by atoms with van der Waals surface area (Å²) in [6.45, 7) is 0. The number of fused-ring (bicyclic) bond motifs is 2. The number of hydrogen-bond donors (Lipinski definition) is 4. The van der Waals surface area contributed by atoms with Gasteiger partial charge in [-0.2, -0.15) is 0 Å². The normalized spacial score (nSPS) is 10.5. The van der Waals surface area contributed by atoms with Crippen molar-refractivity contribution < 1.29 is 37.3 Å². The fourth-order valence-corrected chi connectivity index (χ4v) is 1.92. The topological polar surface area (TPSA) is 92.2 Å². The number of phenolic OH excluding ortho intramolecular Hbond substituents is 4. The third kappa shape index (κ3) is 2.04. The van der Waals surface area contributed by atoms with Gasteiger partial charge in [0.25, 0.3) is 0 Å². The fraction of sp³-hybridized carbons (Fsp3) is 0. The van der Waals surface area contributed by atoms with Crippen molar-refractivity contribution in [2.75, 3.05) is 0 Å². The van der Waals surface area contributed by atoms with Crippen LogP contribution in [0.4, 0.5) is 0 Å². The van der Waals surface area contributed by atoms with Gasteiger partial charge in [-0.3, -0.25) is 0 Å². The predicted molar refractivity (Wildman–Crippen MR) is 64.8 cm³/mol. The minimum absolute atomic E-state index is 0. The molecule has 0 saturated heterocycles. The zero-order valence-corrected chi connectivity index (χ0v) is 10.2. The Morgan fingerprint density at radius 3 is 1.47 bits per heavy atom. The van der Waals surface area contributed by atoms with E-state index in [1.165, 1.54) is 30.3 Å². The lowest BCUT2D eigenvalue weighted by Crippen LogP contribution is -3.00. The molecule has 0 radical (unpaired) electrons. The van der Waals surface area contributed by atoms with Crippen molar-refractivity contribution in [3.63, 3.8) is 0 Å². The van der Waals surface area contributed by atoms with Crippen molar-refractivity contribution in [2.24, 2.45) is 0 Å². The fourth-order valence-electron chi connectivity index (χ4n) is 1.92. The van der Waals surface area contributed by atoms with E-state index >= 15 is 0 Å². The van der Waals surface area contributed by atoms with E-state index in [2.05, 4.69) is 0 Å². The standard InChI is InChI=1S/C13H8O5.ClH/c14-6-1-10(16)8-5-9-11(17)2-7(15)4-13(9)18-12(8)3-6;/h1-5H,(H3-,14,15,16,17);1H. The molecule has 1 heterocycles. The van der Waals surface area contributed by atoms with Crippen LogP contribution in [-0.4, -0.2) is 20.4 Å². The maximum absolute atomic E-state index is 9.71. The second kappa shape index (κ2) is 4.37. The van der Waals surface area contributed by atoms with Gasteiger partial charge < -0.3 is 32.8 Å². The van der Waals surface area contributed by atoms with Gasteiger partial charge in [0.2, 0.25) is 0 Å². The van der Waals surface area contributed by atoms with Gasteiger partial charge in [-0.25, -0.2) is 4.42 Å². The summed E-state index contributed by atoms with van der Waals surface area (Å²) in [6, 6.07) is 6.57. The van der Waals surface area contributed by atoms with Gasteiger partial charge in [-0.05, 0) is 6.07 Å². The Kier molecular flexibility index (Phi) is 3.00. The summed E-state index contributed by atoms with van der Waals surface area (Å²) in [4.78, 5) is 0. The minimum Gasteiger partial charge on any atom is -1.00 e. The van der Waals surface area contributed by atoms with Gasteiger partial charge in [-0.1, -0.05) is 0 Å². The maximum atomic E-state index is 9.71. The lowest BCUT2D eigenvalue weighted by Gasteiger charge is -1.99. The zero-order valence-electron chi connectivity index (χ0n) is 9.46. The molecule has 0 unspecified atom stereocenters. The third-order valence-corrected chi connectivity index (χ3v) is 2.72. The molecule has 5 nitrogen and oxygen atoms in total. The summed E-state index contributed by atoms with van der Waals surface area (Å²) in [5.74, 6) is -0.564. The smallest absolute Gasteiger partial charge is 0.368 e. The highest BCUT2D eigenvalue weighted by Crippen LogP contribution is 2.37. The average molecular weight is 281 g/mol. The second-order valence-electron chi connectivity index (χ2n) is 4.00. The van der Waals surface area contributed by atoms with Gasteiger partial charge in [0.1, 0.15) is 33.8 Å². The van der Waals surface area contributed by atoms with Crippen LogP contribution in [0.2, 0.25) is 0 Å². The highest BCUT2D eigenvalue weighted by Gasteiger charge is 2.19. The molecular weight excluding hydrogens is 272 g/mol. The molecule has 0 aliphatic rings. The monoisotopic (exact) mass is 280 g/mol. The Bertz CT molecular complexity index is 722. The summed E-state index contributed by atoms with van der Waals surface area (Å²) in [7, 11) is 0. The molecule has 19 heavy (non-hydrogen) atoms. The van der Waals surface area contributed by atoms with Crippen LogP contribution >= 0.6 is 0 Å². The zero-order chi connectivity index (χ0) is 12.9. The minimum atomic E-state index is -0.150. The van der Waals surface area contributed by atoms with Gasteiger partial charge in [0.15, 0.2) is 0 Å². The molecule has 0 bridgehead atoms. The summed E-state index contributed by atoms with van der Waals surface area (Å²) < 4.78 is 5.43. The molecule has 4 N–H and O–H groups in total. The van der Waals surface area contributed by atoms with E-state index in [0.717, 1.165) is 0 Å². The number of phenols is 4. The van der Waals surface area contributed by atoms with E-state index in [4.69, 9.17) is 4.42 Å². The summed E-state index contributed by atoms with van der Waals surface area (Å²) in [5, 5.41) is 38.9. The lowest BCUT2D eigenvalue weighted by molar-refractivity contribution is -0.00000840. The quantitative estimate of drug-likeness (QED) is 0.335. The van der Waals surface area contributed by atoms with Crippen LogP contribution < -0.4 is 12.4 Å². The molecule has 3 aromatic rings. The highest BCUT2D eigenvalue weighted by atomic mass is 35.5. The highest BCUT2D eigenvalue weighted by molar-refractivity contribution is 5.96. The van der Waals surface area contributed by atoms with Crippen molar-refractivity contribution in [2.45, 2.75) is 0 Å². The van der Waals surface area contributed by atoms with Crippen molar-refractivity contribution in [3.05, 3.63) is 30.3 Å². The molecule has 0 amide bonds. The van der Waals surface area contributed by atoms with Crippen LogP contribution in [0.15, 0.2) is 34.7 Å². The molecule has 0 saturated carbocycles. The van der Waals surface area contributed by atoms with Gasteiger partial charge in [-0.15, -0.1) is 0 Å². The van der Waals surface area contributed by atoms with E-state index in [9.17, 15) is 20.4 Å². The molecule has 0 aliphatic carbocycles. The lowest BCUT2D eigenvalue weighted by atomic mass is 10.1. The molecule has 6 heteroatoms. The van der Waals surface area contributed by atoms with Crippen molar-refractivity contribution >= 4 is 21.9 Å². The SMILES string of the molecule is Oc1cc(O)c2cc3c(O)cc(O)cc3[o+]c2c1.[Cl-]. The maximum Gasteiger partial charge on any atom is 0.368 e. The van der Waals surface area contributed by atoms with Crippen LogP contribution in [0.25, 0.3) is 21.9 Å². The molecule has 0 aliphatic heterocycles. The number of halogens is 1. The van der Waals surface area contributed by atoms with Crippen LogP contribution in [0, 0.1) is 0 Å². The molecule has 3 rings (SSSR count). The molecule has 2 aromatic carbocycles. The van der Waals surface area contributed by atoms with Crippen LogP contribution in [0.5, 0.6) is 23.0 Å². The number of benzene rings is 2. The van der Waals surface area contributed by atoms with Crippen LogP contribution in [-0.2, 0) is 0 Å². The summed E-state index contributed by atoms with van der Waals surface area (Å²) in [6.07, 6.45) is 0. The largest absolute Gasteiger partial charge is 1.00 e. The first-order chi connectivity index (χ1) is 8.54.